The Balaban J connectivity index is 1.55. The smallest absolute Gasteiger partial charge is 0.380 e. The first-order valence-corrected chi connectivity index (χ1v) is 12.3. The maximum atomic E-state index is 13.8. The van der Waals surface area contributed by atoms with Crippen LogP contribution in [-0.2, 0) is 11.8 Å². The number of rotatable bonds is 4. The van der Waals surface area contributed by atoms with E-state index in [0.29, 0.717) is 28.9 Å². The van der Waals surface area contributed by atoms with E-state index < -0.39 is 41.9 Å². The zero-order chi connectivity index (χ0) is 26.4. The number of nitrogens with one attached hydrogen (secondary N) is 1. The first kappa shape index (κ1) is 25.1. The molecule has 0 bridgehead atoms. The number of pyridine rings is 1. The van der Waals surface area contributed by atoms with Crippen LogP contribution in [0.2, 0.25) is 0 Å². The molecule has 5 nitrogen and oxygen atoms in total. The molecule has 2 N–H and O–H groups in total. The van der Waals surface area contributed by atoms with Crippen molar-refractivity contribution in [3.05, 3.63) is 94.8 Å². The molecule has 1 saturated carbocycles. The van der Waals surface area contributed by atoms with Crippen LogP contribution in [0.15, 0.2) is 66.9 Å². The van der Waals surface area contributed by atoms with Gasteiger partial charge in [-0.2, -0.15) is 13.2 Å². The lowest BCUT2D eigenvalue weighted by Gasteiger charge is -2.53. The van der Waals surface area contributed by atoms with E-state index in [9.17, 15) is 27.9 Å². The van der Waals surface area contributed by atoms with E-state index in [2.05, 4.69) is 10.3 Å². The Morgan fingerprint density at radius 1 is 1.11 bits per heavy atom. The van der Waals surface area contributed by atoms with Crippen LogP contribution in [0, 0.1) is 12.8 Å². The molecule has 0 saturated heterocycles. The number of carbonyl (C=O) groups is 2. The Kier molecular flexibility index (Phi) is 6.18. The predicted octanol–water partition coefficient (Wildman–Crippen LogP) is 5.80. The summed E-state index contributed by atoms with van der Waals surface area (Å²) >= 11 is 0. The van der Waals surface area contributed by atoms with Crippen LogP contribution in [0.25, 0.3) is 0 Å². The Morgan fingerprint density at radius 3 is 2.57 bits per heavy atom. The molecule has 0 spiro atoms. The zero-order valence-corrected chi connectivity index (χ0v) is 20.3. The van der Waals surface area contributed by atoms with Crippen molar-refractivity contribution in [2.75, 3.05) is 5.32 Å². The SMILES string of the molecule is Cc1ncccc1NC(=O)c1ccc2c(c1)C(=O)C[C@H]1CC(O)(C(F)(F)F)CC[C@@]21Cc1ccccc1. The van der Waals surface area contributed by atoms with Crippen molar-refractivity contribution in [3.63, 3.8) is 0 Å². The third-order valence-electron chi connectivity index (χ3n) is 8.05. The maximum Gasteiger partial charge on any atom is 0.417 e. The number of hydrogen-bond acceptors (Lipinski definition) is 4. The number of anilines is 1. The van der Waals surface area contributed by atoms with Crippen molar-refractivity contribution < 1.29 is 27.9 Å². The summed E-state index contributed by atoms with van der Waals surface area (Å²) in [5.74, 6) is -1.41. The van der Waals surface area contributed by atoms with Gasteiger partial charge in [0.1, 0.15) is 0 Å². The third-order valence-corrected chi connectivity index (χ3v) is 8.05. The zero-order valence-electron chi connectivity index (χ0n) is 20.3. The lowest BCUT2D eigenvalue weighted by atomic mass is 9.52. The lowest BCUT2D eigenvalue weighted by Crippen LogP contribution is -2.57. The summed E-state index contributed by atoms with van der Waals surface area (Å²) in [5, 5.41) is 13.4. The van der Waals surface area contributed by atoms with Gasteiger partial charge in [0.05, 0.1) is 11.4 Å². The molecule has 2 aliphatic carbocycles. The molecule has 8 heteroatoms. The summed E-state index contributed by atoms with van der Waals surface area (Å²) in [6.07, 6.45) is -3.74. The standard InChI is InChI=1S/C29H27F3N2O3/c1-18-24(8-5-13-33-18)34-26(36)20-9-10-23-22(14-20)25(35)15-21-17-28(37,29(30,31)32)12-11-27(21,23)16-19-6-3-2-4-7-19/h2-10,13-14,21,37H,11-12,15-17H2,1H3,(H,34,36)/t21-,27-,28?/m0/s1. The van der Waals surface area contributed by atoms with E-state index in [-0.39, 0.29) is 24.2 Å². The quantitative estimate of drug-likeness (QED) is 0.467. The molecule has 1 fully saturated rings. The fourth-order valence-electron chi connectivity index (χ4n) is 6.00. The van der Waals surface area contributed by atoms with Gasteiger partial charge in [0.25, 0.3) is 5.91 Å². The second kappa shape index (κ2) is 9.10. The van der Waals surface area contributed by atoms with Crippen LogP contribution in [0.3, 0.4) is 0 Å². The van der Waals surface area contributed by atoms with Crippen LogP contribution in [-0.4, -0.2) is 33.6 Å². The highest BCUT2D eigenvalue weighted by Gasteiger charge is 2.62. The first-order valence-electron chi connectivity index (χ1n) is 12.3. The van der Waals surface area contributed by atoms with Crippen LogP contribution < -0.4 is 5.32 Å². The van der Waals surface area contributed by atoms with Gasteiger partial charge in [-0.3, -0.25) is 14.6 Å². The predicted molar refractivity (Wildman–Crippen MR) is 132 cm³/mol. The summed E-state index contributed by atoms with van der Waals surface area (Å²) < 4.78 is 41.4. The number of amides is 1. The highest BCUT2D eigenvalue weighted by Crippen LogP contribution is 2.57. The van der Waals surface area contributed by atoms with E-state index in [1.54, 1.807) is 43.5 Å². The van der Waals surface area contributed by atoms with Gasteiger partial charge in [0.2, 0.25) is 0 Å². The molecule has 1 heterocycles. The van der Waals surface area contributed by atoms with Crippen LogP contribution in [0.5, 0.6) is 0 Å². The molecule has 2 aromatic carbocycles. The number of Topliss-reactive ketones (excluding diaryl/α,β-unsaturated/α-hetero) is 1. The Labute approximate surface area is 212 Å². The van der Waals surface area contributed by atoms with E-state index in [1.165, 1.54) is 0 Å². The summed E-state index contributed by atoms with van der Waals surface area (Å²) in [4.78, 5) is 30.4. The summed E-state index contributed by atoms with van der Waals surface area (Å²) in [5.41, 5.74) is -0.153. The number of ketones is 1. The molecular formula is C29H27F3N2O3. The van der Waals surface area contributed by atoms with Gasteiger partial charge < -0.3 is 10.4 Å². The van der Waals surface area contributed by atoms with E-state index >= 15 is 0 Å². The minimum absolute atomic E-state index is 0.0727. The van der Waals surface area contributed by atoms with Crippen molar-refractivity contribution in [3.8, 4) is 0 Å². The summed E-state index contributed by atoms with van der Waals surface area (Å²) in [6.45, 7) is 1.77. The Bertz CT molecular complexity index is 1360. The minimum Gasteiger partial charge on any atom is -0.380 e. The fourth-order valence-corrected chi connectivity index (χ4v) is 6.00. The second-order valence-electron chi connectivity index (χ2n) is 10.2. The van der Waals surface area contributed by atoms with Gasteiger partial charge in [-0.1, -0.05) is 36.4 Å². The average molecular weight is 509 g/mol. The van der Waals surface area contributed by atoms with Gasteiger partial charge in [-0.25, -0.2) is 0 Å². The van der Waals surface area contributed by atoms with E-state index in [1.807, 2.05) is 30.3 Å². The minimum atomic E-state index is -4.78. The monoisotopic (exact) mass is 508 g/mol. The normalized spacial score (nSPS) is 25.2. The van der Waals surface area contributed by atoms with Crippen molar-refractivity contribution in [1.82, 2.24) is 4.98 Å². The lowest BCUT2D eigenvalue weighted by molar-refractivity contribution is -0.279. The van der Waals surface area contributed by atoms with Crippen molar-refractivity contribution in [2.45, 2.75) is 56.2 Å². The molecule has 0 aliphatic heterocycles. The van der Waals surface area contributed by atoms with Crippen LogP contribution in [0.1, 0.15) is 63.2 Å². The number of halogens is 3. The number of nitrogens with zero attached hydrogens (tertiary/aromatic N) is 1. The number of hydrogen-bond donors (Lipinski definition) is 2. The molecule has 192 valence electrons. The molecule has 2 aliphatic rings. The van der Waals surface area contributed by atoms with Gasteiger partial charge in [0.15, 0.2) is 11.4 Å². The first-order chi connectivity index (χ1) is 17.5. The summed E-state index contributed by atoms with van der Waals surface area (Å²) in [6, 6.07) is 17.8. The molecule has 0 radical (unpaired) electrons. The van der Waals surface area contributed by atoms with Crippen LogP contribution in [0.4, 0.5) is 18.9 Å². The highest BCUT2D eigenvalue weighted by atomic mass is 19.4. The molecule has 1 unspecified atom stereocenters. The van der Waals surface area contributed by atoms with Gasteiger partial charge in [-0.05, 0) is 73.9 Å². The highest BCUT2D eigenvalue weighted by molar-refractivity contribution is 6.07. The molecule has 3 aromatic rings. The molecule has 1 aromatic heterocycles. The van der Waals surface area contributed by atoms with E-state index in [0.717, 1.165) is 5.56 Å². The van der Waals surface area contributed by atoms with Gasteiger partial charge >= 0.3 is 6.18 Å². The van der Waals surface area contributed by atoms with Crippen molar-refractivity contribution >= 4 is 17.4 Å². The third kappa shape index (κ3) is 4.44. The van der Waals surface area contributed by atoms with Crippen molar-refractivity contribution in [2.24, 2.45) is 5.92 Å². The number of carbonyl (C=O) groups excluding carboxylic acids is 2. The van der Waals surface area contributed by atoms with Crippen molar-refractivity contribution in [1.29, 1.82) is 0 Å². The maximum absolute atomic E-state index is 13.8. The molecule has 5 rings (SSSR count). The number of alkyl halides is 3. The topological polar surface area (TPSA) is 79.3 Å². The number of aliphatic hydroxyl groups is 1. The average Bonchev–Trinajstić information content (AvgIpc) is 2.86. The molecule has 1 amide bonds. The number of fused-ring (bicyclic) bond motifs is 3. The van der Waals surface area contributed by atoms with Gasteiger partial charge in [0, 0.05) is 29.2 Å². The number of benzene rings is 2. The molecule has 37 heavy (non-hydrogen) atoms. The molecular weight excluding hydrogens is 481 g/mol. The second-order valence-corrected chi connectivity index (χ2v) is 10.2. The molecule has 3 atom stereocenters. The van der Waals surface area contributed by atoms with Crippen LogP contribution >= 0.6 is 0 Å². The van der Waals surface area contributed by atoms with Gasteiger partial charge in [-0.15, -0.1) is 0 Å². The largest absolute Gasteiger partial charge is 0.417 e. The Morgan fingerprint density at radius 2 is 1.86 bits per heavy atom. The number of aromatic nitrogens is 1. The summed E-state index contributed by atoms with van der Waals surface area (Å²) in [7, 11) is 0. The fraction of sp³-hybridized carbons (Fsp3) is 0.345. The van der Waals surface area contributed by atoms with E-state index in [4.69, 9.17) is 0 Å². The Hall–Kier alpha value is -3.52. The number of aryl methyl sites for hydroxylation is 1.